The first kappa shape index (κ1) is 24.8. The smallest absolute Gasteiger partial charge is 0.224 e. The van der Waals surface area contributed by atoms with Crippen molar-refractivity contribution in [1.82, 2.24) is 10.3 Å². The molecule has 0 spiro atoms. The number of aromatic nitrogens is 1. The Kier molecular flexibility index (Phi) is 6.84. The Balaban J connectivity index is 1.29. The predicted molar refractivity (Wildman–Crippen MR) is 139 cm³/mol. The second-order valence-electron chi connectivity index (χ2n) is 10.4. The Morgan fingerprint density at radius 2 is 2.00 bits per heavy atom. The van der Waals surface area contributed by atoms with E-state index in [1.54, 1.807) is 13.2 Å². The van der Waals surface area contributed by atoms with Gasteiger partial charge in [-0.2, -0.15) is 5.26 Å². The van der Waals surface area contributed by atoms with Crippen LogP contribution in [0.1, 0.15) is 65.2 Å². The quantitative estimate of drug-likeness (QED) is 0.392. The summed E-state index contributed by atoms with van der Waals surface area (Å²) in [6.45, 7) is 1.98. The minimum atomic E-state index is -0.804. The maximum absolute atomic E-state index is 13.3. The lowest BCUT2D eigenvalue weighted by atomic mass is 9.91. The fourth-order valence-corrected chi connectivity index (χ4v) is 5.44. The number of H-pyrrole nitrogens is 1. The van der Waals surface area contributed by atoms with E-state index in [1.807, 2.05) is 43.3 Å². The molecule has 1 fully saturated rings. The van der Waals surface area contributed by atoms with Crippen molar-refractivity contribution in [2.75, 3.05) is 7.11 Å². The van der Waals surface area contributed by atoms with E-state index >= 15 is 0 Å². The lowest BCUT2D eigenvalue weighted by Crippen LogP contribution is -2.40. The number of ether oxygens (including phenoxy) is 1. The van der Waals surface area contributed by atoms with Crippen molar-refractivity contribution >= 4 is 28.4 Å². The second kappa shape index (κ2) is 10.2. The second-order valence-corrected chi connectivity index (χ2v) is 10.4. The summed E-state index contributed by atoms with van der Waals surface area (Å²) in [4.78, 5) is 42.4. The zero-order valence-corrected chi connectivity index (χ0v) is 21.2. The van der Waals surface area contributed by atoms with Gasteiger partial charge in [0.25, 0.3) is 0 Å². The molecule has 0 unspecified atom stereocenters. The highest BCUT2D eigenvalue weighted by atomic mass is 16.5. The number of nitrogens with one attached hydrogen (secondary N) is 2. The van der Waals surface area contributed by atoms with Crippen LogP contribution < -0.4 is 10.1 Å². The highest BCUT2D eigenvalue weighted by Crippen LogP contribution is 2.38. The van der Waals surface area contributed by atoms with E-state index in [1.165, 1.54) is 0 Å². The van der Waals surface area contributed by atoms with Gasteiger partial charge in [0.1, 0.15) is 17.6 Å². The van der Waals surface area contributed by atoms with Crippen LogP contribution in [0.25, 0.3) is 10.9 Å². The molecular weight excluding hydrogens is 466 g/mol. The summed E-state index contributed by atoms with van der Waals surface area (Å²) in [7, 11) is 1.59. The number of aromatic amines is 1. The number of amides is 1. The van der Waals surface area contributed by atoms with Crippen molar-refractivity contribution < 1.29 is 19.1 Å². The monoisotopic (exact) mass is 497 g/mol. The maximum Gasteiger partial charge on any atom is 0.224 e. The van der Waals surface area contributed by atoms with Gasteiger partial charge in [0.2, 0.25) is 5.91 Å². The van der Waals surface area contributed by atoms with Crippen molar-refractivity contribution in [3.8, 4) is 11.8 Å². The predicted octanol–water partition coefficient (Wildman–Crippen LogP) is 4.78. The van der Waals surface area contributed by atoms with Gasteiger partial charge >= 0.3 is 0 Å². The molecule has 3 aromatic rings. The van der Waals surface area contributed by atoms with Crippen molar-refractivity contribution in [2.45, 2.75) is 57.4 Å². The number of ketones is 2. The summed E-state index contributed by atoms with van der Waals surface area (Å²) >= 11 is 0. The first-order valence-electron chi connectivity index (χ1n) is 12.9. The molecule has 0 aliphatic heterocycles. The van der Waals surface area contributed by atoms with Crippen LogP contribution in [0.15, 0.2) is 42.5 Å². The number of nitriles is 1. The molecule has 2 aliphatic carbocycles. The first-order chi connectivity index (χ1) is 17.9. The van der Waals surface area contributed by atoms with E-state index in [4.69, 9.17) is 4.74 Å². The van der Waals surface area contributed by atoms with Crippen LogP contribution in [0.2, 0.25) is 0 Å². The van der Waals surface area contributed by atoms with Crippen LogP contribution in [0.3, 0.4) is 0 Å². The zero-order valence-electron chi connectivity index (χ0n) is 21.2. The number of carbonyl (C=O) groups is 3. The lowest BCUT2D eigenvalue weighted by molar-refractivity contribution is -0.126. The molecule has 5 rings (SSSR count). The molecule has 2 N–H and O–H groups in total. The number of methoxy groups -OCH3 is 1. The summed E-state index contributed by atoms with van der Waals surface area (Å²) in [5.74, 6) is -0.191. The number of Topliss-reactive ketones (excluding diaryl/α,β-unsaturated/α-hetero) is 2. The molecule has 3 atom stereocenters. The molecule has 1 heterocycles. The first-order valence-corrected chi connectivity index (χ1v) is 12.9. The highest BCUT2D eigenvalue weighted by Gasteiger charge is 2.35. The van der Waals surface area contributed by atoms with Gasteiger partial charge in [-0.25, -0.2) is 0 Å². The Bertz CT molecular complexity index is 1410. The van der Waals surface area contributed by atoms with Gasteiger partial charge in [-0.15, -0.1) is 0 Å². The van der Waals surface area contributed by atoms with E-state index in [0.29, 0.717) is 30.2 Å². The van der Waals surface area contributed by atoms with Crippen molar-refractivity contribution in [2.24, 2.45) is 11.8 Å². The molecule has 1 amide bonds. The van der Waals surface area contributed by atoms with Gasteiger partial charge in [-0.05, 0) is 55.0 Å². The molecule has 2 aromatic carbocycles. The third-order valence-electron chi connectivity index (χ3n) is 7.64. The molecule has 1 saturated carbocycles. The number of fused-ring (bicyclic) bond motifs is 2. The largest absolute Gasteiger partial charge is 0.496 e. The molecule has 0 bridgehead atoms. The summed E-state index contributed by atoms with van der Waals surface area (Å²) in [5.41, 5.74) is 4.25. The molecule has 0 saturated heterocycles. The van der Waals surface area contributed by atoms with E-state index in [9.17, 15) is 19.6 Å². The molecule has 7 nitrogen and oxygen atoms in total. The van der Waals surface area contributed by atoms with Crippen LogP contribution in [0.4, 0.5) is 0 Å². The van der Waals surface area contributed by atoms with Crippen LogP contribution in [0, 0.1) is 30.1 Å². The Hall–Kier alpha value is -3.92. The van der Waals surface area contributed by atoms with Crippen LogP contribution >= 0.6 is 0 Å². The van der Waals surface area contributed by atoms with Crippen molar-refractivity contribution in [1.29, 1.82) is 5.26 Å². The number of carbonyl (C=O) groups excluding carboxylic acids is 3. The summed E-state index contributed by atoms with van der Waals surface area (Å²) in [6.07, 6.45) is 3.37. The van der Waals surface area contributed by atoms with Crippen LogP contribution in [0.5, 0.6) is 5.75 Å². The Labute approximate surface area is 216 Å². The summed E-state index contributed by atoms with van der Waals surface area (Å²) in [5, 5.41) is 13.5. The molecule has 37 heavy (non-hydrogen) atoms. The number of nitrogens with zero attached hydrogens (tertiary/aromatic N) is 1. The molecule has 1 aromatic heterocycles. The topological polar surface area (TPSA) is 112 Å². The average Bonchev–Trinajstić information content (AvgIpc) is 3.51. The van der Waals surface area contributed by atoms with E-state index in [2.05, 4.69) is 16.4 Å². The SMILES string of the molecule is COc1cccc2[nH]c(C(=O)C[C@@H](CC3CC3)C(=O)N[C@H](C#N)C[C@H]3C(=O)Cc4ccc(C)cc43)cc12. The Morgan fingerprint density at radius 3 is 2.73 bits per heavy atom. The van der Waals surface area contributed by atoms with Crippen molar-refractivity contribution in [3.63, 3.8) is 0 Å². The molecule has 7 heteroatoms. The van der Waals surface area contributed by atoms with Crippen LogP contribution in [-0.4, -0.2) is 35.6 Å². The Morgan fingerprint density at radius 1 is 1.19 bits per heavy atom. The average molecular weight is 498 g/mol. The van der Waals surface area contributed by atoms with Crippen LogP contribution in [-0.2, 0) is 16.0 Å². The van der Waals surface area contributed by atoms with E-state index in [0.717, 1.165) is 40.4 Å². The minimum Gasteiger partial charge on any atom is -0.496 e. The summed E-state index contributed by atoms with van der Waals surface area (Å²) in [6, 6.07) is 14.7. The summed E-state index contributed by atoms with van der Waals surface area (Å²) < 4.78 is 5.40. The van der Waals surface area contributed by atoms with Gasteiger partial charge in [-0.3, -0.25) is 14.4 Å². The number of hydrogen-bond acceptors (Lipinski definition) is 5. The third-order valence-corrected chi connectivity index (χ3v) is 7.64. The highest BCUT2D eigenvalue weighted by molar-refractivity contribution is 6.02. The van der Waals surface area contributed by atoms with E-state index in [-0.39, 0.29) is 30.3 Å². The third kappa shape index (κ3) is 5.29. The molecule has 190 valence electrons. The molecular formula is C30H31N3O4. The van der Waals surface area contributed by atoms with Crippen molar-refractivity contribution in [3.05, 3.63) is 64.8 Å². The zero-order chi connectivity index (χ0) is 26.1. The minimum absolute atomic E-state index is 0.0556. The maximum atomic E-state index is 13.3. The standard InChI is InChI=1S/C30H31N3O4/c1-17-6-9-19-12-27(34)23(22(19)10-17)14-21(16-31)32-30(36)20(11-18-7-8-18)13-28(35)26-15-24-25(33-26)4-3-5-29(24)37-2/h3-6,9-10,15,18,20-21,23,33H,7-8,11-14H2,1-2H3,(H,32,36)/t20-,21+,23-/m1/s1. The van der Waals surface area contributed by atoms with Gasteiger partial charge in [0.15, 0.2) is 5.78 Å². The number of rotatable bonds is 10. The molecule has 2 aliphatic rings. The number of hydrogen-bond donors (Lipinski definition) is 2. The normalized spacial score (nSPS) is 18.2. The fraction of sp³-hybridized carbons (Fsp3) is 0.400. The fourth-order valence-electron chi connectivity index (χ4n) is 5.44. The molecule has 0 radical (unpaired) electrons. The van der Waals surface area contributed by atoms with Gasteiger partial charge in [0.05, 0.1) is 18.9 Å². The lowest BCUT2D eigenvalue weighted by Gasteiger charge is -2.20. The van der Waals surface area contributed by atoms with E-state index < -0.39 is 17.9 Å². The number of benzene rings is 2. The van der Waals surface area contributed by atoms with Gasteiger partial charge in [-0.1, -0.05) is 42.7 Å². The van der Waals surface area contributed by atoms with Gasteiger partial charge in [0, 0.05) is 35.6 Å². The van der Waals surface area contributed by atoms with Gasteiger partial charge < -0.3 is 15.0 Å². The number of aryl methyl sites for hydroxylation is 1.